The smallest absolute Gasteiger partial charge is 0.322 e. The molecule has 0 aliphatic heterocycles. The molecule has 1 amide bonds. The Balaban J connectivity index is 1.67. The van der Waals surface area contributed by atoms with Crippen LogP contribution in [0.4, 0.5) is 23.4 Å². The molecule has 0 atom stereocenters. The number of rotatable bonds is 4. The van der Waals surface area contributed by atoms with Gasteiger partial charge in [0.2, 0.25) is 5.56 Å². The Morgan fingerprint density at radius 2 is 1.75 bits per heavy atom. The fourth-order valence-corrected chi connectivity index (χ4v) is 2.89. The molecule has 0 radical (unpaired) electrons. The van der Waals surface area contributed by atoms with Gasteiger partial charge in [0, 0.05) is 41.0 Å². The Morgan fingerprint density at radius 3 is 2.47 bits per heavy atom. The van der Waals surface area contributed by atoms with Gasteiger partial charge in [-0.3, -0.25) is 25.4 Å². The van der Waals surface area contributed by atoms with E-state index >= 15 is 0 Å². The monoisotopic (exact) mass is 444 g/mol. The number of fused-ring (bicyclic) bond motifs is 1. The molecule has 0 unspecified atom stereocenters. The summed E-state index contributed by atoms with van der Waals surface area (Å²) in [7, 11) is 0. The van der Waals surface area contributed by atoms with E-state index in [0.29, 0.717) is 6.07 Å². The molecule has 8 nitrogen and oxygen atoms in total. The van der Waals surface area contributed by atoms with Gasteiger partial charge >= 0.3 is 6.18 Å². The highest BCUT2D eigenvalue weighted by Gasteiger charge is 2.34. The first-order chi connectivity index (χ1) is 15.2. The lowest BCUT2D eigenvalue weighted by atomic mass is 10.1. The van der Waals surface area contributed by atoms with Crippen LogP contribution >= 0.6 is 0 Å². The lowest BCUT2D eigenvalue weighted by Crippen LogP contribution is -2.31. The largest absolute Gasteiger partial charge is 0.433 e. The van der Waals surface area contributed by atoms with E-state index in [1.807, 2.05) is 0 Å². The molecule has 0 bridgehead atoms. The number of carbonyl (C=O) groups is 1. The highest BCUT2D eigenvalue weighted by molar-refractivity contribution is 6.06. The summed E-state index contributed by atoms with van der Waals surface area (Å²) in [6.07, 6.45) is -2.04. The Bertz CT molecular complexity index is 1370. The Morgan fingerprint density at radius 1 is 1.00 bits per heavy atom. The highest BCUT2D eigenvalue weighted by Crippen LogP contribution is 2.30. The van der Waals surface area contributed by atoms with E-state index in [4.69, 9.17) is 0 Å². The molecule has 1 aromatic carbocycles. The van der Waals surface area contributed by atoms with Crippen molar-refractivity contribution in [3.05, 3.63) is 82.3 Å². The summed E-state index contributed by atoms with van der Waals surface area (Å²) in [6.45, 7) is 0. The fourth-order valence-electron chi connectivity index (χ4n) is 2.89. The van der Waals surface area contributed by atoms with Crippen molar-refractivity contribution in [2.45, 2.75) is 6.18 Å². The number of carbonyl (C=O) groups excluding carboxylic acids is 1. The van der Waals surface area contributed by atoms with Gasteiger partial charge in [0.15, 0.2) is 11.5 Å². The van der Waals surface area contributed by atoms with Crippen LogP contribution in [0.1, 0.15) is 16.1 Å². The fraction of sp³-hybridized carbons (Fsp3) is 0.0500. The van der Waals surface area contributed by atoms with E-state index in [0.717, 1.165) is 18.2 Å². The van der Waals surface area contributed by atoms with Crippen LogP contribution in [0.3, 0.4) is 0 Å². The Labute approximate surface area is 176 Å². The number of hydrogen-bond donors (Lipinski definition) is 3. The van der Waals surface area contributed by atoms with Gasteiger partial charge in [0.1, 0.15) is 11.6 Å². The molecule has 3 aromatic heterocycles. The predicted molar refractivity (Wildman–Crippen MR) is 106 cm³/mol. The molecule has 4 rings (SSSR count). The molecule has 0 spiro atoms. The number of halogens is 4. The number of aromatic nitrogens is 4. The van der Waals surface area contributed by atoms with Crippen molar-refractivity contribution in [2.75, 3.05) is 5.43 Å². The molecule has 0 aliphatic carbocycles. The standard InChI is InChI=1S/C20H12F4N6O2/c21-11-1-2-14-12(7-11)13(8-17(31)26-14)19(32)30-29-16-9-15(20(22,23)24)27-18(28-16)10-3-5-25-6-4-10/h1-9H,(H,26,31)(H,30,32)(H,27,28,29). The van der Waals surface area contributed by atoms with Gasteiger partial charge in [0.25, 0.3) is 5.91 Å². The second kappa shape index (κ2) is 8.06. The van der Waals surface area contributed by atoms with Gasteiger partial charge in [-0.2, -0.15) is 13.2 Å². The van der Waals surface area contributed by atoms with E-state index in [2.05, 4.69) is 30.8 Å². The first-order valence-electron chi connectivity index (χ1n) is 8.96. The second-order valence-electron chi connectivity index (χ2n) is 6.51. The van der Waals surface area contributed by atoms with Crippen LogP contribution in [0.5, 0.6) is 0 Å². The van der Waals surface area contributed by atoms with Gasteiger partial charge < -0.3 is 4.98 Å². The summed E-state index contributed by atoms with van der Waals surface area (Å²) >= 11 is 0. The first-order valence-corrected chi connectivity index (χ1v) is 8.96. The Hall–Kier alpha value is -4.35. The van der Waals surface area contributed by atoms with Crippen molar-refractivity contribution in [2.24, 2.45) is 0 Å². The number of benzene rings is 1. The highest BCUT2D eigenvalue weighted by atomic mass is 19.4. The number of aromatic amines is 1. The number of hydrazine groups is 1. The summed E-state index contributed by atoms with van der Waals surface area (Å²) in [6, 6.07) is 7.86. The van der Waals surface area contributed by atoms with Crippen molar-refractivity contribution in [1.29, 1.82) is 0 Å². The van der Waals surface area contributed by atoms with Crippen LogP contribution in [0.2, 0.25) is 0 Å². The number of amides is 1. The first kappa shape index (κ1) is 20.9. The number of H-pyrrole nitrogens is 1. The predicted octanol–water partition coefficient (Wildman–Crippen LogP) is 3.29. The lowest BCUT2D eigenvalue weighted by molar-refractivity contribution is -0.141. The third-order valence-electron chi connectivity index (χ3n) is 4.31. The van der Waals surface area contributed by atoms with Crippen LogP contribution in [-0.2, 0) is 6.18 Å². The van der Waals surface area contributed by atoms with Crippen LogP contribution in [0.25, 0.3) is 22.3 Å². The van der Waals surface area contributed by atoms with Gasteiger partial charge in [-0.15, -0.1) is 0 Å². The number of nitrogens with one attached hydrogen (secondary N) is 3. The third-order valence-corrected chi connectivity index (χ3v) is 4.31. The molecule has 3 heterocycles. The second-order valence-corrected chi connectivity index (χ2v) is 6.51. The molecular weight excluding hydrogens is 432 g/mol. The van der Waals surface area contributed by atoms with Crippen molar-refractivity contribution < 1.29 is 22.4 Å². The number of anilines is 1. The molecule has 0 saturated carbocycles. The summed E-state index contributed by atoms with van der Waals surface area (Å²) in [5.74, 6) is -2.13. The summed E-state index contributed by atoms with van der Waals surface area (Å²) < 4.78 is 53.5. The van der Waals surface area contributed by atoms with Crippen molar-refractivity contribution in [3.8, 4) is 11.4 Å². The van der Waals surface area contributed by atoms with Crippen molar-refractivity contribution >= 4 is 22.6 Å². The summed E-state index contributed by atoms with van der Waals surface area (Å²) in [5.41, 5.74) is 2.92. The minimum absolute atomic E-state index is 0.111. The van der Waals surface area contributed by atoms with E-state index in [1.54, 1.807) is 0 Å². The minimum atomic E-state index is -4.77. The molecular formula is C20H12F4N6O2. The molecule has 32 heavy (non-hydrogen) atoms. The van der Waals surface area contributed by atoms with Crippen molar-refractivity contribution in [3.63, 3.8) is 0 Å². The summed E-state index contributed by atoms with van der Waals surface area (Å²) in [5, 5.41) is 0.111. The molecule has 0 saturated heterocycles. The zero-order valence-electron chi connectivity index (χ0n) is 15.9. The zero-order valence-corrected chi connectivity index (χ0v) is 15.9. The van der Waals surface area contributed by atoms with Crippen LogP contribution < -0.4 is 16.4 Å². The average Bonchev–Trinajstić information content (AvgIpc) is 2.77. The number of hydrogen-bond acceptors (Lipinski definition) is 6. The summed E-state index contributed by atoms with van der Waals surface area (Å²) in [4.78, 5) is 38.2. The SMILES string of the molecule is O=C(NNc1cc(C(F)(F)F)nc(-c2ccncc2)n1)c1cc(=O)[nH]c2ccc(F)cc12. The van der Waals surface area contributed by atoms with E-state index in [-0.39, 0.29) is 33.7 Å². The van der Waals surface area contributed by atoms with E-state index in [1.165, 1.54) is 30.6 Å². The topological polar surface area (TPSA) is 113 Å². The van der Waals surface area contributed by atoms with Crippen molar-refractivity contribution in [1.82, 2.24) is 25.4 Å². The zero-order chi connectivity index (χ0) is 22.9. The number of alkyl halides is 3. The quantitative estimate of drug-likeness (QED) is 0.329. The molecule has 4 aromatic rings. The number of nitrogens with zero attached hydrogens (tertiary/aromatic N) is 3. The van der Waals surface area contributed by atoms with Gasteiger partial charge in [-0.05, 0) is 30.3 Å². The molecule has 12 heteroatoms. The molecule has 162 valence electrons. The molecule has 0 fully saturated rings. The maximum absolute atomic E-state index is 13.6. The van der Waals surface area contributed by atoms with Gasteiger partial charge in [0.05, 0.1) is 5.56 Å². The maximum atomic E-state index is 13.6. The van der Waals surface area contributed by atoms with Crippen LogP contribution in [0, 0.1) is 5.82 Å². The number of pyridine rings is 2. The van der Waals surface area contributed by atoms with E-state index in [9.17, 15) is 27.2 Å². The molecule has 0 aliphatic rings. The van der Waals surface area contributed by atoms with Gasteiger partial charge in [-0.25, -0.2) is 14.4 Å². The van der Waals surface area contributed by atoms with Crippen LogP contribution in [0.15, 0.2) is 59.7 Å². The lowest BCUT2D eigenvalue weighted by Gasteiger charge is -2.13. The average molecular weight is 444 g/mol. The molecule has 3 N–H and O–H groups in total. The minimum Gasteiger partial charge on any atom is -0.322 e. The van der Waals surface area contributed by atoms with Crippen LogP contribution in [-0.4, -0.2) is 25.8 Å². The normalized spacial score (nSPS) is 11.4. The third kappa shape index (κ3) is 4.38. The maximum Gasteiger partial charge on any atom is 0.433 e. The van der Waals surface area contributed by atoms with E-state index < -0.39 is 29.2 Å². The Kier molecular flexibility index (Phi) is 5.26. The van der Waals surface area contributed by atoms with Gasteiger partial charge in [-0.1, -0.05) is 0 Å².